The van der Waals surface area contributed by atoms with Gasteiger partial charge in [0.2, 0.25) is 5.13 Å². The van der Waals surface area contributed by atoms with Gasteiger partial charge in [-0.15, -0.1) is 10.2 Å². The van der Waals surface area contributed by atoms with Gasteiger partial charge in [0.15, 0.2) is 0 Å². The molecule has 3 aromatic rings. The number of hydrogen-bond donors (Lipinski definition) is 1. The summed E-state index contributed by atoms with van der Waals surface area (Å²) in [4.78, 5) is 1.77. The molecule has 2 unspecified atom stereocenters. The molecule has 1 aromatic heterocycles. The average molecular weight is 423 g/mol. The molecule has 1 aliphatic rings. The van der Waals surface area contributed by atoms with E-state index in [0.717, 1.165) is 12.1 Å². The molecule has 2 atom stereocenters. The quantitative estimate of drug-likeness (QED) is 0.624. The molecule has 0 amide bonds. The number of anilines is 1. The highest BCUT2D eigenvalue weighted by molar-refractivity contribution is 7.15. The maximum atomic E-state index is 13.9. The molecule has 29 heavy (non-hydrogen) atoms. The van der Waals surface area contributed by atoms with Crippen molar-refractivity contribution < 1.29 is 22.7 Å². The van der Waals surface area contributed by atoms with Gasteiger partial charge in [0, 0.05) is 13.0 Å². The van der Waals surface area contributed by atoms with Gasteiger partial charge in [-0.2, -0.15) is 13.2 Å². The predicted molar refractivity (Wildman–Crippen MR) is 101 cm³/mol. The minimum atomic E-state index is -4.44. The summed E-state index contributed by atoms with van der Waals surface area (Å²) in [7, 11) is 0. The molecular weight excluding hydrogens is 406 g/mol. The van der Waals surface area contributed by atoms with Gasteiger partial charge >= 0.3 is 6.18 Å². The van der Waals surface area contributed by atoms with Crippen LogP contribution in [0.3, 0.4) is 0 Å². The van der Waals surface area contributed by atoms with Crippen LogP contribution in [0.4, 0.5) is 22.7 Å². The van der Waals surface area contributed by atoms with E-state index in [1.807, 2.05) is 0 Å². The van der Waals surface area contributed by atoms with Crippen LogP contribution < -0.4 is 4.90 Å². The number of rotatable bonds is 4. The van der Waals surface area contributed by atoms with Crippen LogP contribution in [0.2, 0.25) is 0 Å². The minimum Gasteiger partial charge on any atom is -0.391 e. The lowest BCUT2D eigenvalue weighted by Gasteiger charge is -2.24. The van der Waals surface area contributed by atoms with Crippen LogP contribution >= 0.6 is 11.3 Å². The number of β-amino-alcohol motifs (C(OH)–C–C–N with tert-alkyl or cyclic N) is 1. The summed E-state index contributed by atoms with van der Waals surface area (Å²) in [5, 5.41) is 19.5. The van der Waals surface area contributed by atoms with Crippen LogP contribution in [0.15, 0.2) is 48.5 Å². The third-order valence-corrected chi connectivity index (χ3v) is 5.84. The molecule has 1 saturated heterocycles. The molecule has 0 radical (unpaired) electrons. The van der Waals surface area contributed by atoms with Crippen LogP contribution in [-0.4, -0.2) is 28.0 Å². The number of halogens is 4. The standard InChI is InChI=1S/C20H17F4N3OS/c21-16-7-2-1-4-12(16)9-18-25-26-19(29-18)27-11-15(28)10-17(27)13-5-3-6-14(8-13)20(22,23)24/h1-8,15,17,28H,9-11H2. The second-order valence-corrected chi connectivity index (χ2v) is 7.97. The normalized spacial score (nSPS) is 19.7. The third kappa shape index (κ3) is 4.25. The van der Waals surface area contributed by atoms with E-state index in [4.69, 9.17) is 0 Å². The summed E-state index contributed by atoms with van der Waals surface area (Å²) in [6, 6.07) is 11.1. The van der Waals surface area contributed by atoms with Gasteiger partial charge in [0.1, 0.15) is 10.8 Å². The molecule has 0 saturated carbocycles. The Kier molecular flexibility index (Phi) is 5.26. The first-order chi connectivity index (χ1) is 13.8. The number of nitrogens with zero attached hydrogens (tertiary/aromatic N) is 3. The van der Waals surface area contributed by atoms with Crippen molar-refractivity contribution in [2.45, 2.75) is 31.2 Å². The molecule has 0 bridgehead atoms. The fourth-order valence-electron chi connectivity index (χ4n) is 3.50. The lowest BCUT2D eigenvalue weighted by molar-refractivity contribution is -0.137. The maximum absolute atomic E-state index is 13.9. The fraction of sp³-hybridized carbons (Fsp3) is 0.300. The molecule has 2 aromatic carbocycles. The number of aliphatic hydroxyl groups is 1. The van der Waals surface area contributed by atoms with Crippen molar-refractivity contribution in [3.8, 4) is 0 Å². The van der Waals surface area contributed by atoms with Crippen LogP contribution in [-0.2, 0) is 12.6 Å². The van der Waals surface area contributed by atoms with E-state index in [1.165, 1.54) is 23.5 Å². The number of aromatic nitrogens is 2. The number of aliphatic hydroxyl groups excluding tert-OH is 1. The SMILES string of the molecule is OC1CC(c2cccc(C(F)(F)F)c2)N(c2nnc(Cc3ccccc3F)s2)C1. The van der Waals surface area contributed by atoms with Gasteiger partial charge < -0.3 is 10.0 Å². The second kappa shape index (κ2) is 7.72. The lowest BCUT2D eigenvalue weighted by atomic mass is 10.0. The molecule has 4 nitrogen and oxygen atoms in total. The summed E-state index contributed by atoms with van der Waals surface area (Å²) < 4.78 is 53.1. The van der Waals surface area contributed by atoms with Crippen molar-refractivity contribution in [3.05, 3.63) is 76.0 Å². The molecule has 0 aliphatic carbocycles. The highest BCUT2D eigenvalue weighted by Gasteiger charge is 2.36. The topological polar surface area (TPSA) is 49.2 Å². The Balaban J connectivity index is 1.59. The van der Waals surface area contributed by atoms with E-state index in [1.54, 1.807) is 29.2 Å². The Morgan fingerprint density at radius 3 is 2.66 bits per heavy atom. The van der Waals surface area contributed by atoms with Crippen molar-refractivity contribution >= 4 is 16.5 Å². The van der Waals surface area contributed by atoms with E-state index in [9.17, 15) is 22.7 Å². The van der Waals surface area contributed by atoms with Crippen LogP contribution in [0, 0.1) is 5.82 Å². The highest BCUT2D eigenvalue weighted by atomic mass is 32.1. The summed E-state index contributed by atoms with van der Waals surface area (Å²) in [5.41, 5.74) is 0.224. The molecule has 1 fully saturated rings. The summed E-state index contributed by atoms with van der Waals surface area (Å²) in [5.74, 6) is -0.331. The third-order valence-electron chi connectivity index (χ3n) is 4.88. The minimum absolute atomic E-state index is 0.245. The van der Waals surface area contributed by atoms with E-state index in [-0.39, 0.29) is 18.8 Å². The van der Waals surface area contributed by atoms with Crippen molar-refractivity contribution in [2.24, 2.45) is 0 Å². The summed E-state index contributed by atoms with van der Waals surface area (Å²) in [6.07, 6.45) is -4.56. The van der Waals surface area contributed by atoms with Gasteiger partial charge in [-0.05, 0) is 35.7 Å². The molecule has 9 heteroatoms. The Morgan fingerprint density at radius 1 is 1.10 bits per heavy atom. The molecule has 2 heterocycles. The molecule has 1 aliphatic heterocycles. The first-order valence-corrected chi connectivity index (χ1v) is 9.80. The zero-order chi connectivity index (χ0) is 20.6. The number of alkyl halides is 3. The van der Waals surface area contributed by atoms with E-state index in [2.05, 4.69) is 10.2 Å². The summed E-state index contributed by atoms with van der Waals surface area (Å²) in [6.45, 7) is 0.245. The van der Waals surface area contributed by atoms with E-state index >= 15 is 0 Å². The molecule has 4 rings (SSSR count). The fourth-order valence-corrected chi connectivity index (χ4v) is 4.42. The van der Waals surface area contributed by atoms with Gasteiger partial charge in [0.05, 0.1) is 17.7 Å². The number of hydrogen-bond acceptors (Lipinski definition) is 5. The summed E-state index contributed by atoms with van der Waals surface area (Å²) >= 11 is 1.25. The lowest BCUT2D eigenvalue weighted by Crippen LogP contribution is -2.24. The van der Waals surface area contributed by atoms with Gasteiger partial charge in [-0.1, -0.05) is 41.7 Å². The Labute approximate surface area is 168 Å². The second-order valence-electron chi connectivity index (χ2n) is 6.93. The van der Waals surface area contributed by atoms with Crippen LogP contribution in [0.25, 0.3) is 0 Å². The molecule has 0 spiro atoms. The highest BCUT2D eigenvalue weighted by Crippen LogP contribution is 2.39. The Bertz CT molecular complexity index is 1010. The van der Waals surface area contributed by atoms with Crippen molar-refractivity contribution in [1.82, 2.24) is 10.2 Å². The van der Waals surface area contributed by atoms with Crippen molar-refractivity contribution in [1.29, 1.82) is 0 Å². The monoisotopic (exact) mass is 423 g/mol. The largest absolute Gasteiger partial charge is 0.416 e. The zero-order valence-corrected chi connectivity index (χ0v) is 15.9. The predicted octanol–water partition coefficient (Wildman–Crippen LogP) is 4.60. The Hall–Kier alpha value is -2.52. The van der Waals surface area contributed by atoms with Crippen molar-refractivity contribution in [3.63, 3.8) is 0 Å². The first kappa shape index (κ1) is 19.8. The zero-order valence-electron chi connectivity index (χ0n) is 15.1. The van der Waals surface area contributed by atoms with Crippen molar-refractivity contribution in [2.75, 3.05) is 11.4 Å². The Morgan fingerprint density at radius 2 is 1.90 bits per heavy atom. The molecule has 152 valence electrons. The smallest absolute Gasteiger partial charge is 0.391 e. The molecule has 1 N–H and O–H groups in total. The van der Waals surface area contributed by atoms with E-state index in [0.29, 0.717) is 27.7 Å². The average Bonchev–Trinajstić information content (AvgIpc) is 3.29. The van der Waals surface area contributed by atoms with Crippen LogP contribution in [0.5, 0.6) is 0 Å². The van der Waals surface area contributed by atoms with Crippen LogP contribution in [0.1, 0.15) is 34.2 Å². The van der Waals surface area contributed by atoms with Gasteiger partial charge in [-0.25, -0.2) is 4.39 Å². The number of benzene rings is 2. The van der Waals surface area contributed by atoms with Gasteiger partial charge in [0.25, 0.3) is 0 Å². The van der Waals surface area contributed by atoms with E-state index < -0.39 is 23.9 Å². The first-order valence-electron chi connectivity index (χ1n) is 8.99. The molecular formula is C20H17F4N3OS. The van der Waals surface area contributed by atoms with Gasteiger partial charge in [-0.3, -0.25) is 0 Å². The maximum Gasteiger partial charge on any atom is 0.416 e.